The SMILES string of the molecule is Cc1ccc(OCCCCn2c(C3CC(=O)N(c4cccc(F)c4)C3)nc3ccccc32)c(C)c1. The zero-order valence-electron chi connectivity index (χ0n) is 20.2. The Labute approximate surface area is 205 Å². The molecule has 1 aliphatic heterocycles. The van der Waals surface area contributed by atoms with Crippen molar-refractivity contribution in [2.24, 2.45) is 0 Å². The van der Waals surface area contributed by atoms with Crippen molar-refractivity contribution in [2.45, 2.75) is 45.6 Å². The quantitative estimate of drug-likeness (QED) is 0.289. The van der Waals surface area contributed by atoms with E-state index in [0.717, 1.165) is 47.6 Å². The van der Waals surface area contributed by atoms with E-state index in [1.54, 1.807) is 17.0 Å². The lowest BCUT2D eigenvalue weighted by Crippen LogP contribution is -2.24. The number of aromatic nitrogens is 2. The van der Waals surface area contributed by atoms with Crippen LogP contribution in [0.1, 0.15) is 42.1 Å². The van der Waals surface area contributed by atoms with E-state index < -0.39 is 0 Å². The Balaban J connectivity index is 1.29. The number of amides is 1. The standard InChI is InChI=1S/C29H30FN3O2/c1-20-12-13-27(21(2)16-20)35-15-6-5-14-32-26-11-4-3-10-25(26)31-29(32)22-17-28(34)33(19-22)24-9-7-8-23(30)18-24/h3-4,7-13,16,18,22H,5-6,14-15,17,19H2,1-2H3. The van der Waals surface area contributed by atoms with Crippen LogP contribution in [0.25, 0.3) is 11.0 Å². The third kappa shape index (κ3) is 4.92. The number of hydrogen-bond acceptors (Lipinski definition) is 3. The zero-order chi connectivity index (χ0) is 24.4. The molecule has 0 N–H and O–H groups in total. The van der Waals surface area contributed by atoms with Gasteiger partial charge in [0.1, 0.15) is 17.4 Å². The van der Waals surface area contributed by atoms with Crippen LogP contribution in [0.3, 0.4) is 0 Å². The Morgan fingerprint density at radius 1 is 1.03 bits per heavy atom. The van der Waals surface area contributed by atoms with Gasteiger partial charge in [-0.25, -0.2) is 9.37 Å². The van der Waals surface area contributed by atoms with Gasteiger partial charge in [-0.2, -0.15) is 0 Å². The van der Waals surface area contributed by atoms with Crippen LogP contribution in [0, 0.1) is 19.7 Å². The highest BCUT2D eigenvalue weighted by molar-refractivity contribution is 5.96. The molecule has 6 heteroatoms. The zero-order valence-corrected chi connectivity index (χ0v) is 20.2. The Morgan fingerprint density at radius 2 is 1.89 bits per heavy atom. The summed E-state index contributed by atoms with van der Waals surface area (Å²) in [5.74, 6) is 1.49. The predicted octanol–water partition coefficient (Wildman–Crippen LogP) is 6.17. The molecule has 0 radical (unpaired) electrons. The minimum Gasteiger partial charge on any atom is -0.493 e. The van der Waals surface area contributed by atoms with Gasteiger partial charge < -0.3 is 14.2 Å². The molecule has 0 spiro atoms. The maximum atomic E-state index is 13.8. The number of imidazole rings is 1. The number of halogens is 1. The summed E-state index contributed by atoms with van der Waals surface area (Å²) in [4.78, 5) is 19.4. The summed E-state index contributed by atoms with van der Waals surface area (Å²) >= 11 is 0. The predicted molar refractivity (Wildman–Crippen MR) is 136 cm³/mol. The number of anilines is 1. The first kappa shape index (κ1) is 23.1. The maximum Gasteiger partial charge on any atom is 0.227 e. The Kier molecular flexibility index (Phi) is 6.53. The van der Waals surface area contributed by atoms with Crippen LogP contribution in [-0.4, -0.2) is 28.6 Å². The highest BCUT2D eigenvalue weighted by atomic mass is 19.1. The number of carbonyl (C=O) groups excluding carboxylic acids is 1. The highest BCUT2D eigenvalue weighted by Crippen LogP contribution is 2.33. The number of rotatable bonds is 8. The van der Waals surface area contributed by atoms with Gasteiger partial charge >= 0.3 is 0 Å². The van der Waals surface area contributed by atoms with Crippen molar-refractivity contribution >= 4 is 22.6 Å². The summed E-state index contributed by atoms with van der Waals surface area (Å²) in [6.45, 7) is 6.11. The number of hydrogen-bond donors (Lipinski definition) is 0. The second-order valence-electron chi connectivity index (χ2n) is 9.32. The molecule has 0 aliphatic carbocycles. The molecular formula is C29H30FN3O2. The number of benzene rings is 3. The summed E-state index contributed by atoms with van der Waals surface area (Å²) < 4.78 is 22.0. The number of unbranched alkanes of at least 4 members (excludes halogenated alkanes) is 1. The summed E-state index contributed by atoms with van der Waals surface area (Å²) in [6, 6.07) is 20.6. The fourth-order valence-corrected chi connectivity index (χ4v) is 4.93. The van der Waals surface area contributed by atoms with Crippen LogP contribution in [0.4, 0.5) is 10.1 Å². The summed E-state index contributed by atoms with van der Waals surface area (Å²) in [5.41, 5.74) is 5.00. The molecule has 1 atom stereocenters. The molecule has 0 saturated carbocycles. The fraction of sp³-hybridized carbons (Fsp3) is 0.310. The van der Waals surface area contributed by atoms with Crippen molar-refractivity contribution in [1.82, 2.24) is 9.55 Å². The van der Waals surface area contributed by atoms with Gasteiger partial charge in [-0.15, -0.1) is 0 Å². The third-order valence-corrected chi connectivity index (χ3v) is 6.66. The number of ether oxygens (including phenoxy) is 1. The topological polar surface area (TPSA) is 47.4 Å². The van der Waals surface area contributed by atoms with E-state index >= 15 is 0 Å². The average Bonchev–Trinajstić information content (AvgIpc) is 3.40. The first-order valence-corrected chi connectivity index (χ1v) is 12.2. The molecule has 3 aromatic carbocycles. The van der Waals surface area contributed by atoms with Gasteiger partial charge in [-0.3, -0.25) is 4.79 Å². The Hall–Kier alpha value is -3.67. The van der Waals surface area contributed by atoms with Crippen molar-refractivity contribution in [1.29, 1.82) is 0 Å². The summed E-state index contributed by atoms with van der Waals surface area (Å²) in [6.07, 6.45) is 2.22. The highest BCUT2D eigenvalue weighted by Gasteiger charge is 2.34. The lowest BCUT2D eigenvalue weighted by molar-refractivity contribution is -0.117. The second-order valence-corrected chi connectivity index (χ2v) is 9.32. The van der Waals surface area contributed by atoms with Gasteiger partial charge in [0.2, 0.25) is 5.91 Å². The van der Waals surface area contributed by atoms with Gasteiger partial charge in [0.25, 0.3) is 0 Å². The molecule has 35 heavy (non-hydrogen) atoms. The van der Waals surface area contributed by atoms with Crippen LogP contribution in [0.2, 0.25) is 0 Å². The molecule has 1 aliphatic rings. The van der Waals surface area contributed by atoms with Crippen molar-refractivity contribution < 1.29 is 13.9 Å². The normalized spacial score (nSPS) is 15.8. The minimum absolute atomic E-state index is 0.000994. The molecule has 4 aromatic rings. The largest absolute Gasteiger partial charge is 0.493 e. The number of para-hydroxylation sites is 2. The van der Waals surface area contributed by atoms with Crippen LogP contribution < -0.4 is 9.64 Å². The fourth-order valence-electron chi connectivity index (χ4n) is 4.93. The number of aryl methyl sites for hydroxylation is 3. The van der Waals surface area contributed by atoms with E-state index in [4.69, 9.17) is 9.72 Å². The number of nitrogens with zero attached hydrogens (tertiary/aromatic N) is 3. The van der Waals surface area contributed by atoms with Crippen molar-refractivity contribution in [3.63, 3.8) is 0 Å². The maximum absolute atomic E-state index is 13.8. The lowest BCUT2D eigenvalue weighted by atomic mass is 10.1. The Bertz CT molecular complexity index is 1360. The molecule has 0 bridgehead atoms. The molecule has 1 aromatic heterocycles. The van der Waals surface area contributed by atoms with Crippen LogP contribution in [-0.2, 0) is 11.3 Å². The van der Waals surface area contributed by atoms with Gasteiger partial charge in [0, 0.05) is 31.1 Å². The van der Waals surface area contributed by atoms with Crippen molar-refractivity contribution in [2.75, 3.05) is 18.1 Å². The summed E-state index contributed by atoms with van der Waals surface area (Å²) in [5, 5.41) is 0. The molecule has 1 amide bonds. The first-order valence-electron chi connectivity index (χ1n) is 12.2. The third-order valence-electron chi connectivity index (χ3n) is 6.66. The molecule has 5 nitrogen and oxygen atoms in total. The Morgan fingerprint density at radius 3 is 2.71 bits per heavy atom. The lowest BCUT2D eigenvalue weighted by Gasteiger charge is -2.17. The van der Waals surface area contributed by atoms with Crippen molar-refractivity contribution in [3.05, 3.63) is 89.5 Å². The molecule has 2 heterocycles. The van der Waals surface area contributed by atoms with Crippen LogP contribution in [0.5, 0.6) is 5.75 Å². The van der Waals surface area contributed by atoms with E-state index in [9.17, 15) is 9.18 Å². The van der Waals surface area contributed by atoms with Crippen molar-refractivity contribution in [3.8, 4) is 5.75 Å². The van der Waals surface area contributed by atoms with E-state index in [0.29, 0.717) is 25.3 Å². The van der Waals surface area contributed by atoms with Crippen LogP contribution in [0.15, 0.2) is 66.7 Å². The molecule has 180 valence electrons. The van der Waals surface area contributed by atoms with E-state index in [1.807, 2.05) is 24.3 Å². The van der Waals surface area contributed by atoms with E-state index in [-0.39, 0.29) is 17.6 Å². The summed E-state index contributed by atoms with van der Waals surface area (Å²) in [7, 11) is 0. The molecule has 1 unspecified atom stereocenters. The molecule has 1 saturated heterocycles. The van der Waals surface area contributed by atoms with Crippen LogP contribution >= 0.6 is 0 Å². The van der Waals surface area contributed by atoms with Gasteiger partial charge in [0.15, 0.2) is 0 Å². The minimum atomic E-state index is -0.339. The second kappa shape index (κ2) is 9.90. The smallest absolute Gasteiger partial charge is 0.227 e. The van der Waals surface area contributed by atoms with Gasteiger partial charge in [-0.1, -0.05) is 35.9 Å². The monoisotopic (exact) mass is 471 g/mol. The average molecular weight is 472 g/mol. The van der Waals surface area contributed by atoms with E-state index in [2.05, 4.69) is 36.6 Å². The van der Waals surface area contributed by atoms with Gasteiger partial charge in [-0.05, 0) is 68.7 Å². The molecule has 5 rings (SSSR count). The molecule has 1 fully saturated rings. The first-order chi connectivity index (χ1) is 17.0. The van der Waals surface area contributed by atoms with Gasteiger partial charge in [0.05, 0.1) is 17.6 Å². The van der Waals surface area contributed by atoms with E-state index in [1.165, 1.54) is 17.7 Å². The number of carbonyl (C=O) groups is 1. The number of fused-ring (bicyclic) bond motifs is 1. The molecular weight excluding hydrogens is 441 g/mol.